The van der Waals surface area contributed by atoms with Gasteiger partial charge in [0.1, 0.15) is 0 Å². The fourth-order valence-corrected chi connectivity index (χ4v) is 1.02. The molecule has 1 amide bonds. The maximum atomic E-state index is 10.2. The van der Waals surface area contributed by atoms with E-state index in [1.807, 2.05) is 20.8 Å². The largest absolute Gasteiger partial charge is 0.370 e. The van der Waals surface area contributed by atoms with Crippen LogP contribution < -0.4 is 5.32 Å². The molecule has 3 heteroatoms. The number of rotatable bonds is 5. The van der Waals surface area contributed by atoms with Gasteiger partial charge in [-0.15, -0.1) is 0 Å². The molecule has 0 saturated heterocycles. The molecule has 1 aliphatic carbocycles. The first-order valence-corrected chi connectivity index (χ1v) is 4.44. The van der Waals surface area contributed by atoms with Crippen molar-refractivity contribution in [2.75, 3.05) is 0 Å². The average molecular weight is 171 g/mol. The van der Waals surface area contributed by atoms with Crippen LogP contribution in [0.2, 0.25) is 0 Å². The summed E-state index contributed by atoms with van der Waals surface area (Å²) in [7, 11) is 0. The van der Waals surface area contributed by atoms with Gasteiger partial charge < -0.3 is 10.1 Å². The van der Waals surface area contributed by atoms with Gasteiger partial charge in [0.15, 0.2) is 0 Å². The zero-order valence-electron chi connectivity index (χ0n) is 7.96. The number of hydrogen-bond acceptors (Lipinski definition) is 2. The standard InChI is InChI=1S/C9H17NO2/c1-7(10-6-11)9(2,3)12-8-4-5-8/h6-8H,4-5H2,1-3H3,(H,10,11). The molecule has 70 valence electrons. The van der Waals surface area contributed by atoms with E-state index in [9.17, 15) is 4.79 Å². The summed E-state index contributed by atoms with van der Waals surface area (Å²) in [5.41, 5.74) is -0.248. The normalized spacial score (nSPS) is 20.2. The van der Waals surface area contributed by atoms with Gasteiger partial charge in [-0.1, -0.05) is 0 Å². The van der Waals surface area contributed by atoms with Gasteiger partial charge in [-0.2, -0.15) is 0 Å². The van der Waals surface area contributed by atoms with Gasteiger partial charge in [0.05, 0.1) is 17.7 Å². The van der Waals surface area contributed by atoms with E-state index >= 15 is 0 Å². The van der Waals surface area contributed by atoms with Crippen LogP contribution in [0.15, 0.2) is 0 Å². The van der Waals surface area contributed by atoms with Crippen molar-refractivity contribution in [3.8, 4) is 0 Å². The Kier molecular flexibility index (Phi) is 2.73. The zero-order chi connectivity index (χ0) is 9.19. The molecule has 0 heterocycles. The summed E-state index contributed by atoms with van der Waals surface area (Å²) in [6, 6.07) is 0.0654. The van der Waals surface area contributed by atoms with E-state index in [-0.39, 0.29) is 11.6 Å². The Labute approximate surface area is 73.5 Å². The molecule has 1 saturated carbocycles. The first kappa shape index (κ1) is 9.52. The fraction of sp³-hybridized carbons (Fsp3) is 0.889. The van der Waals surface area contributed by atoms with Gasteiger partial charge in [0.2, 0.25) is 6.41 Å². The van der Waals surface area contributed by atoms with Crippen molar-refractivity contribution in [1.29, 1.82) is 0 Å². The van der Waals surface area contributed by atoms with E-state index in [1.54, 1.807) is 0 Å². The second kappa shape index (κ2) is 3.44. The first-order chi connectivity index (χ1) is 5.56. The van der Waals surface area contributed by atoms with Gasteiger partial charge >= 0.3 is 0 Å². The minimum Gasteiger partial charge on any atom is -0.370 e. The van der Waals surface area contributed by atoms with E-state index in [4.69, 9.17) is 4.74 Å². The predicted octanol–water partition coefficient (Wildman–Crippen LogP) is 1.08. The minimum absolute atomic E-state index is 0.0654. The number of hydrogen-bond donors (Lipinski definition) is 1. The van der Waals surface area contributed by atoms with Gasteiger partial charge in [0, 0.05) is 0 Å². The maximum absolute atomic E-state index is 10.2. The third-order valence-corrected chi connectivity index (χ3v) is 2.36. The number of amides is 1. The highest BCUT2D eigenvalue weighted by atomic mass is 16.5. The zero-order valence-corrected chi connectivity index (χ0v) is 7.96. The van der Waals surface area contributed by atoms with Crippen molar-refractivity contribution >= 4 is 6.41 Å². The summed E-state index contributed by atoms with van der Waals surface area (Å²) >= 11 is 0. The number of carbonyl (C=O) groups excluding carboxylic acids is 1. The van der Waals surface area contributed by atoms with Crippen LogP contribution in [0.3, 0.4) is 0 Å². The Morgan fingerprint density at radius 1 is 1.58 bits per heavy atom. The molecule has 1 atom stereocenters. The second-order valence-corrected chi connectivity index (χ2v) is 3.93. The minimum atomic E-state index is -0.248. The van der Waals surface area contributed by atoms with Crippen LogP contribution in [-0.2, 0) is 9.53 Å². The van der Waals surface area contributed by atoms with Crippen LogP contribution in [0.5, 0.6) is 0 Å². The summed E-state index contributed by atoms with van der Waals surface area (Å²) in [4.78, 5) is 10.2. The molecule has 1 unspecified atom stereocenters. The second-order valence-electron chi connectivity index (χ2n) is 3.93. The van der Waals surface area contributed by atoms with E-state index in [0.29, 0.717) is 6.10 Å². The molecule has 1 fully saturated rings. The molecular formula is C9H17NO2. The molecule has 0 aromatic carbocycles. The van der Waals surface area contributed by atoms with Crippen molar-refractivity contribution < 1.29 is 9.53 Å². The summed E-state index contributed by atoms with van der Waals surface area (Å²) in [6.45, 7) is 5.97. The van der Waals surface area contributed by atoms with E-state index in [2.05, 4.69) is 5.32 Å². The number of ether oxygens (including phenoxy) is 1. The number of carbonyl (C=O) groups is 1. The van der Waals surface area contributed by atoms with Crippen LogP contribution in [-0.4, -0.2) is 24.2 Å². The molecule has 0 spiro atoms. The Morgan fingerprint density at radius 2 is 2.17 bits per heavy atom. The smallest absolute Gasteiger partial charge is 0.207 e. The lowest BCUT2D eigenvalue weighted by molar-refractivity contribution is -0.113. The first-order valence-electron chi connectivity index (χ1n) is 4.44. The molecule has 12 heavy (non-hydrogen) atoms. The third-order valence-electron chi connectivity index (χ3n) is 2.36. The van der Waals surface area contributed by atoms with Gasteiger partial charge in [-0.3, -0.25) is 4.79 Å². The highest BCUT2D eigenvalue weighted by Crippen LogP contribution is 2.30. The fourth-order valence-electron chi connectivity index (χ4n) is 1.02. The predicted molar refractivity (Wildman–Crippen MR) is 46.8 cm³/mol. The Bertz CT molecular complexity index is 164. The van der Waals surface area contributed by atoms with Crippen molar-refractivity contribution in [2.24, 2.45) is 0 Å². The highest BCUT2D eigenvalue weighted by Gasteiger charge is 2.34. The van der Waals surface area contributed by atoms with Crippen molar-refractivity contribution in [3.05, 3.63) is 0 Å². The van der Waals surface area contributed by atoms with Crippen LogP contribution in [0.1, 0.15) is 33.6 Å². The average Bonchev–Trinajstić information content (AvgIpc) is 2.71. The molecule has 3 nitrogen and oxygen atoms in total. The summed E-state index contributed by atoms with van der Waals surface area (Å²) < 4.78 is 5.74. The van der Waals surface area contributed by atoms with Crippen LogP contribution >= 0.6 is 0 Å². The molecule has 0 radical (unpaired) electrons. The molecule has 0 aromatic heterocycles. The van der Waals surface area contributed by atoms with Crippen LogP contribution in [0, 0.1) is 0 Å². The van der Waals surface area contributed by atoms with Gasteiger partial charge in [0.25, 0.3) is 0 Å². The van der Waals surface area contributed by atoms with Crippen LogP contribution in [0.25, 0.3) is 0 Å². The topological polar surface area (TPSA) is 38.3 Å². The molecule has 1 aliphatic rings. The van der Waals surface area contributed by atoms with Crippen molar-refractivity contribution in [1.82, 2.24) is 5.32 Å². The quantitative estimate of drug-likeness (QED) is 0.628. The Balaban J connectivity index is 2.37. The summed E-state index contributed by atoms with van der Waals surface area (Å²) in [5.74, 6) is 0. The summed E-state index contributed by atoms with van der Waals surface area (Å²) in [5, 5.41) is 2.71. The lowest BCUT2D eigenvalue weighted by atomic mass is 10.0. The van der Waals surface area contributed by atoms with E-state index in [1.165, 1.54) is 0 Å². The third kappa shape index (κ3) is 2.48. The van der Waals surface area contributed by atoms with Crippen molar-refractivity contribution in [3.63, 3.8) is 0 Å². The SMILES string of the molecule is CC(NC=O)C(C)(C)OC1CC1. The molecule has 1 rings (SSSR count). The van der Waals surface area contributed by atoms with E-state index < -0.39 is 0 Å². The molecular weight excluding hydrogens is 154 g/mol. The Hall–Kier alpha value is -0.570. The molecule has 0 aromatic rings. The summed E-state index contributed by atoms with van der Waals surface area (Å²) in [6.07, 6.45) is 3.48. The van der Waals surface area contributed by atoms with E-state index in [0.717, 1.165) is 19.3 Å². The highest BCUT2D eigenvalue weighted by molar-refractivity contribution is 5.46. The van der Waals surface area contributed by atoms with Gasteiger partial charge in [-0.25, -0.2) is 0 Å². The molecule has 0 bridgehead atoms. The number of nitrogens with one attached hydrogen (secondary N) is 1. The maximum Gasteiger partial charge on any atom is 0.207 e. The van der Waals surface area contributed by atoms with Crippen LogP contribution in [0.4, 0.5) is 0 Å². The molecule has 1 N–H and O–H groups in total. The van der Waals surface area contributed by atoms with Crippen molar-refractivity contribution in [2.45, 2.75) is 51.4 Å². The van der Waals surface area contributed by atoms with Gasteiger partial charge in [-0.05, 0) is 33.6 Å². The lowest BCUT2D eigenvalue weighted by Crippen LogP contribution is -2.46. The monoisotopic (exact) mass is 171 g/mol. The lowest BCUT2D eigenvalue weighted by Gasteiger charge is -2.31. The Morgan fingerprint density at radius 3 is 2.58 bits per heavy atom. The molecule has 0 aliphatic heterocycles.